The van der Waals surface area contributed by atoms with E-state index in [2.05, 4.69) is 31.1 Å². The molecule has 96 valence electrons. The summed E-state index contributed by atoms with van der Waals surface area (Å²) in [5.41, 5.74) is 0. The number of hydrogen-bond acceptors (Lipinski definition) is 3. The molecule has 0 aliphatic carbocycles. The molecule has 1 fully saturated rings. The fraction of sp³-hybridized carbons (Fsp3) is 1.00. The lowest BCUT2D eigenvalue weighted by Crippen LogP contribution is -2.45. The zero-order valence-corrected chi connectivity index (χ0v) is 11.8. The first-order valence-corrected chi connectivity index (χ1v) is 7.96. The Balaban J connectivity index is 2.28. The standard InChI is InChI=1S/C12H26N2OS/c1-10(9-16(4)15)13-11(2)12-5-7-14(3)8-6-12/h10-13H,5-9H2,1-4H3. The van der Waals surface area contributed by atoms with Gasteiger partial charge in [-0.25, -0.2) is 0 Å². The molecule has 4 heteroatoms. The lowest BCUT2D eigenvalue weighted by Gasteiger charge is -2.34. The maximum absolute atomic E-state index is 11.1. The van der Waals surface area contributed by atoms with E-state index in [4.69, 9.17) is 0 Å². The van der Waals surface area contributed by atoms with Crippen LogP contribution in [-0.2, 0) is 10.8 Å². The number of hydrogen-bond donors (Lipinski definition) is 1. The normalized spacial score (nSPS) is 25.2. The molecular formula is C12H26N2OS. The number of likely N-dealkylation sites (tertiary alicyclic amines) is 1. The molecule has 3 unspecified atom stereocenters. The van der Waals surface area contributed by atoms with Crippen LogP contribution in [0.3, 0.4) is 0 Å². The van der Waals surface area contributed by atoms with E-state index in [1.807, 2.05) is 0 Å². The SMILES string of the molecule is CC(CS(C)=O)NC(C)C1CCN(C)CC1. The summed E-state index contributed by atoms with van der Waals surface area (Å²) in [6, 6.07) is 0.910. The fourth-order valence-corrected chi connectivity index (χ4v) is 3.31. The molecule has 0 saturated carbocycles. The van der Waals surface area contributed by atoms with Crippen LogP contribution in [-0.4, -0.2) is 53.3 Å². The van der Waals surface area contributed by atoms with Crippen molar-refractivity contribution in [2.75, 3.05) is 32.1 Å². The van der Waals surface area contributed by atoms with Crippen LogP contribution >= 0.6 is 0 Å². The first-order valence-electron chi connectivity index (χ1n) is 6.23. The van der Waals surface area contributed by atoms with E-state index < -0.39 is 10.8 Å². The summed E-state index contributed by atoms with van der Waals surface area (Å²) in [6.45, 7) is 6.83. The van der Waals surface area contributed by atoms with Gasteiger partial charge in [0.05, 0.1) is 0 Å². The summed E-state index contributed by atoms with van der Waals surface area (Å²) in [7, 11) is 1.50. The highest BCUT2D eigenvalue weighted by Crippen LogP contribution is 2.19. The Labute approximate surface area is 102 Å². The molecule has 1 heterocycles. The third kappa shape index (κ3) is 4.93. The van der Waals surface area contributed by atoms with Gasteiger partial charge in [0.2, 0.25) is 0 Å². The summed E-state index contributed by atoms with van der Waals surface area (Å²) in [4.78, 5) is 2.40. The fourth-order valence-electron chi connectivity index (χ4n) is 2.51. The quantitative estimate of drug-likeness (QED) is 0.788. The van der Waals surface area contributed by atoms with Crippen LogP contribution in [0.4, 0.5) is 0 Å². The number of piperidine rings is 1. The highest BCUT2D eigenvalue weighted by Gasteiger charge is 2.23. The molecule has 3 nitrogen and oxygen atoms in total. The van der Waals surface area contributed by atoms with Crippen LogP contribution in [0.15, 0.2) is 0 Å². The summed E-state index contributed by atoms with van der Waals surface area (Å²) in [6.07, 6.45) is 4.34. The minimum atomic E-state index is -0.693. The second kappa shape index (κ2) is 6.72. The maximum Gasteiger partial charge on any atom is 0.0383 e. The van der Waals surface area contributed by atoms with E-state index in [1.165, 1.54) is 25.9 Å². The van der Waals surface area contributed by atoms with Crippen molar-refractivity contribution in [2.45, 2.75) is 38.8 Å². The maximum atomic E-state index is 11.1. The van der Waals surface area contributed by atoms with Gasteiger partial charge in [0.15, 0.2) is 0 Å². The average Bonchev–Trinajstić information content (AvgIpc) is 2.16. The minimum absolute atomic E-state index is 0.362. The van der Waals surface area contributed by atoms with Gasteiger partial charge in [-0.15, -0.1) is 0 Å². The Morgan fingerprint density at radius 1 is 1.38 bits per heavy atom. The predicted octanol–water partition coefficient (Wildman–Crippen LogP) is 1.07. The lowest BCUT2D eigenvalue weighted by molar-refractivity contribution is 0.186. The third-order valence-electron chi connectivity index (χ3n) is 3.50. The van der Waals surface area contributed by atoms with E-state index in [0.29, 0.717) is 12.1 Å². The van der Waals surface area contributed by atoms with Crippen molar-refractivity contribution < 1.29 is 4.21 Å². The van der Waals surface area contributed by atoms with Crippen LogP contribution in [0.25, 0.3) is 0 Å². The zero-order chi connectivity index (χ0) is 12.1. The van der Waals surface area contributed by atoms with Crippen LogP contribution in [0.1, 0.15) is 26.7 Å². The summed E-state index contributed by atoms with van der Waals surface area (Å²) in [5.74, 6) is 1.54. The molecule has 1 saturated heterocycles. The molecule has 1 rings (SSSR count). The molecule has 1 aliphatic heterocycles. The predicted molar refractivity (Wildman–Crippen MR) is 71.2 cm³/mol. The van der Waals surface area contributed by atoms with Gasteiger partial charge in [0.1, 0.15) is 0 Å². The Hall–Kier alpha value is 0.0700. The van der Waals surface area contributed by atoms with E-state index in [9.17, 15) is 4.21 Å². The molecule has 0 spiro atoms. The van der Waals surface area contributed by atoms with Gasteiger partial charge < -0.3 is 10.2 Å². The zero-order valence-electron chi connectivity index (χ0n) is 11.0. The minimum Gasteiger partial charge on any atom is -0.311 e. The van der Waals surface area contributed by atoms with E-state index in [-0.39, 0.29) is 0 Å². The molecule has 1 aliphatic rings. The van der Waals surface area contributed by atoms with E-state index >= 15 is 0 Å². The third-order valence-corrected chi connectivity index (χ3v) is 4.47. The van der Waals surface area contributed by atoms with Crippen molar-refractivity contribution in [3.05, 3.63) is 0 Å². The van der Waals surface area contributed by atoms with E-state index in [0.717, 1.165) is 11.7 Å². The molecule has 0 aromatic heterocycles. The molecule has 0 radical (unpaired) electrons. The van der Waals surface area contributed by atoms with Crippen LogP contribution in [0.5, 0.6) is 0 Å². The van der Waals surface area contributed by atoms with Gasteiger partial charge in [-0.05, 0) is 52.7 Å². The highest BCUT2D eigenvalue weighted by atomic mass is 32.2. The first-order chi connectivity index (χ1) is 7.49. The van der Waals surface area contributed by atoms with Crippen molar-refractivity contribution >= 4 is 10.8 Å². The summed E-state index contributed by atoms with van der Waals surface area (Å²) < 4.78 is 11.1. The van der Waals surface area contributed by atoms with Crippen molar-refractivity contribution in [3.63, 3.8) is 0 Å². The molecule has 3 atom stereocenters. The second-order valence-corrected chi connectivity index (χ2v) is 6.72. The van der Waals surface area contributed by atoms with Crippen LogP contribution < -0.4 is 5.32 Å². The van der Waals surface area contributed by atoms with Crippen LogP contribution in [0.2, 0.25) is 0 Å². The van der Waals surface area contributed by atoms with Gasteiger partial charge in [0.25, 0.3) is 0 Å². The molecule has 0 bridgehead atoms. The lowest BCUT2D eigenvalue weighted by atomic mass is 9.90. The Bertz CT molecular complexity index is 227. The van der Waals surface area contributed by atoms with Gasteiger partial charge in [-0.1, -0.05) is 0 Å². The number of rotatable bonds is 5. The largest absolute Gasteiger partial charge is 0.311 e. The van der Waals surface area contributed by atoms with Gasteiger partial charge >= 0.3 is 0 Å². The Kier molecular flexibility index (Phi) is 5.94. The van der Waals surface area contributed by atoms with Gasteiger partial charge in [-0.3, -0.25) is 4.21 Å². The van der Waals surface area contributed by atoms with Crippen molar-refractivity contribution in [2.24, 2.45) is 5.92 Å². The summed E-state index contributed by atoms with van der Waals surface area (Å²) >= 11 is 0. The van der Waals surface area contributed by atoms with Crippen molar-refractivity contribution in [3.8, 4) is 0 Å². The number of nitrogens with zero attached hydrogens (tertiary/aromatic N) is 1. The topological polar surface area (TPSA) is 32.3 Å². The first kappa shape index (κ1) is 14.1. The molecule has 16 heavy (non-hydrogen) atoms. The average molecular weight is 246 g/mol. The number of nitrogens with one attached hydrogen (secondary N) is 1. The Morgan fingerprint density at radius 3 is 2.44 bits per heavy atom. The van der Waals surface area contributed by atoms with Crippen molar-refractivity contribution in [1.82, 2.24) is 10.2 Å². The monoisotopic (exact) mass is 246 g/mol. The Morgan fingerprint density at radius 2 is 1.94 bits per heavy atom. The van der Waals surface area contributed by atoms with Crippen molar-refractivity contribution in [1.29, 1.82) is 0 Å². The smallest absolute Gasteiger partial charge is 0.0383 e. The molecule has 0 aromatic rings. The van der Waals surface area contributed by atoms with E-state index in [1.54, 1.807) is 6.26 Å². The highest BCUT2D eigenvalue weighted by molar-refractivity contribution is 7.84. The molecular weight excluding hydrogens is 220 g/mol. The summed E-state index contributed by atoms with van der Waals surface area (Å²) in [5, 5.41) is 3.58. The second-order valence-electron chi connectivity index (χ2n) is 5.24. The molecule has 1 N–H and O–H groups in total. The van der Waals surface area contributed by atoms with Gasteiger partial charge in [-0.2, -0.15) is 0 Å². The van der Waals surface area contributed by atoms with Gasteiger partial charge in [0, 0.05) is 34.9 Å². The molecule has 0 aromatic carbocycles. The molecule has 0 amide bonds. The van der Waals surface area contributed by atoms with Crippen LogP contribution in [0, 0.1) is 5.92 Å².